The molecule has 5 heterocycles. The van der Waals surface area contributed by atoms with Gasteiger partial charge in [0.15, 0.2) is 11.2 Å². The summed E-state index contributed by atoms with van der Waals surface area (Å²) in [6, 6.07) is 9.12. The van der Waals surface area contributed by atoms with Crippen molar-refractivity contribution in [3.63, 3.8) is 0 Å². The number of aromatic hydroxyl groups is 1. The van der Waals surface area contributed by atoms with E-state index in [0.717, 1.165) is 54.0 Å². The van der Waals surface area contributed by atoms with Gasteiger partial charge in [-0.2, -0.15) is 0 Å². The number of aliphatic imine (C=N–C) groups is 1. The van der Waals surface area contributed by atoms with Gasteiger partial charge in [0.2, 0.25) is 17.2 Å². The SMILES string of the molecule is CCC1=C2C=CN=C2C[NH+]1c1c2c(cc3c(=O)cc(C)oc13)CC(OOCC(O)(Cc1ccc(O)cc1)C(O)C(O)C(O)CO)C(C)(CCC1CNC(=O)C13CCCCC3)O2. The molecule has 2 aromatic carbocycles. The maximum atomic E-state index is 13.7. The summed E-state index contributed by atoms with van der Waals surface area (Å²) in [5.74, 6) is 1.16. The van der Waals surface area contributed by atoms with E-state index in [-0.39, 0.29) is 35.8 Å². The number of fused-ring (bicyclic) bond motifs is 3. The third-order valence-corrected chi connectivity index (χ3v) is 13.9. The Morgan fingerprint density at radius 2 is 1.85 bits per heavy atom. The van der Waals surface area contributed by atoms with E-state index in [1.54, 1.807) is 19.2 Å². The van der Waals surface area contributed by atoms with Gasteiger partial charge in [-0.05, 0) is 75.3 Å². The van der Waals surface area contributed by atoms with Crippen LogP contribution in [0.25, 0.3) is 11.0 Å². The van der Waals surface area contributed by atoms with E-state index in [9.17, 15) is 40.2 Å². The summed E-state index contributed by atoms with van der Waals surface area (Å²) in [6.07, 6.45) is 3.61. The molecular weight excluding hydrogens is 787 g/mol. The van der Waals surface area contributed by atoms with Gasteiger partial charge >= 0.3 is 0 Å². The molecule has 0 bridgehead atoms. The number of nitrogens with one attached hydrogen (secondary N) is 2. The first kappa shape index (κ1) is 43.2. The number of phenols is 1. The van der Waals surface area contributed by atoms with Crippen LogP contribution in [0.4, 0.5) is 5.69 Å². The standard InChI is InChI=1S/C46H57N3O12/c1-4-34-31-13-17-47-33(31)23-49(34)38-40-28(19-32-35(52)18-26(2)59-41(32)38)20-37(44(3,60-40)16-12-29-22-48-43(56)45(29)14-6-5-7-15-45)61-58-25-46(57,42(55)39(54)36(53)24-50)21-27-8-10-30(51)11-9-27/h8-11,13,17-19,29,36-37,39,42,50-51,53-55,57H,4-7,12,14-16,20-25H2,1-3H3,(H,48,56)/p+1. The van der Waals surface area contributed by atoms with Gasteiger partial charge in [0.05, 0.1) is 23.0 Å². The molecule has 1 saturated carbocycles. The van der Waals surface area contributed by atoms with Crippen LogP contribution >= 0.6 is 0 Å². The van der Waals surface area contributed by atoms with Gasteiger partial charge in [0, 0.05) is 43.6 Å². The van der Waals surface area contributed by atoms with Crippen molar-refractivity contribution in [3.8, 4) is 11.5 Å². The van der Waals surface area contributed by atoms with E-state index in [4.69, 9.17) is 18.9 Å². The number of hydrogen-bond donors (Lipinski definition) is 8. The third kappa shape index (κ3) is 7.95. The van der Waals surface area contributed by atoms with Gasteiger partial charge in [-0.1, -0.05) is 38.3 Å². The number of ether oxygens (including phenoxy) is 1. The number of amides is 1. The van der Waals surface area contributed by atoms with Crippen LogP contribution in [0.3, 0.4) is 0 Å². The molecule has 2 fully saturated rings. The normalized spacial score (nSPS) is 26.7. The molecule has 3 aromatic rings. The highest BCUT2D eigenvalue weighted by atomic mass is 17.2. The topological polar surface area (TPSA) is 225 Å². The third-order valence-electron chi connectivity index (χ3n) is 13.9. The molecule has 15 heteroatoms. The Morgan fingerprint density at radius 1 is 1.10 bits per heavy atom. The van der Waals surface area contributed by atoms with Crippen molar-refractivity contribution in [2.45, 2.75) is 121 Å². The second-order valence-electron chi connectivity index (χ2n) is 17.9. The molecule has 0 radical (unpaired) electrons. The smallest absolute Gasteiger partial charge is 0.226 e. The van der Waals surface area contributed by atoms with E-state index in [0.29, 0.717) is 71.6 Å². The number of carbonyl (C=O) groups is 1. The lowest BCUT2D eigenvalue weighted by molar-refractivity contribution is -0.776. The summed E-state index contributed by atoms with van der Waals surface area (Å²) in [7, 11) is 0. The molecule has 8 atom stereocenters. The molecule has 1 aliphatic carbocycles. The highest BCUT2D eigenvalue weighted by Gasteiger charge is 2.53. The molecule has 1 amide bonds. The molecule has 1 spiro atoms. The van der Waals surface area contributed by atoms with Crippen LogP contribution in [-0.4, -0.2) is 104 Å². The number of aliphatic hydroxyl groups is 5. The molecule has 61 heavy (non-hydrogen) atoms. The number of allylic oxidation sites excluding steroid dienone is 2. The maximum absolute atomic E-state index is 13.7. The Kier molecular flexibility index (Phi) is 12.1. The summed E-state index contributed by atoms with van der Waals surface area (Å²) in [5.41, 5.74) is 1.31. The summed E-state index contributed by atoms with van der Waals surface area (Å²) >= 11 is 0. The number of rotatable bonds is 15. The summed E-state index contributed by atoms with van der Waals surface area (Å²) < 4.78 is 13.7. The van der Waals surface area contributed by atoms with E-state index in [1.165, 1.54) is 30.3 Å². The lowest BCUT2D eigenvalue weighted by Gasteiger charge is -2.44. The minimum atomic E-state index is -2.27. The molecule has 8 N–H and O–H groups in total. The van der Waals surface area contributed by atoms with E-state index in [2.05, 4.69) is 17.2 Å². The predicted octanol–water partition coefficient (Wildman–Crippen LogP) is 2.51. The van der Waals surface area contributed by atoms with Gasteiger partial charge in [-0.3, -0.25) is 19.5 Å². The summed E-state index contributed by atoms with van der Waals surface area (Å²) in [4.78, 5) is 44.9. The van der Waals surface area contributed by atoms with E-state index < -0.39 is 54.2 Å². The van der Waals surface area contributed by atoms with Crippen molar-refractivity contribution in [2.75, 3.05) is 26.3 Å². The fraction of sp³-hybridized carbons (Fsp3) is 0.543. The molecule has 1 aromatic heterocycles. The number of aryl methyl sites for hydroxylation is 1. The molecule has 8 rings (SSSR count). The largest absolute Gasteiger partial charge is 0.508 e. The number of aliphatic hydroxyl groups excluding tert-OH is 4. The maximum Gasteiger partial charge on any atom is 0.226 e. The number of nitrogens with zero attached hydrogens (tertiary/aromatic N) is 1. The first-order valence-corrected chi connectivity index (χ1v) is 21.5. The average molecular weight is 845 g/mol. The van der Waals surface area contributed by atoms with Crippen molar-refractivity contribution in [2.24, 2.45) is 16.3 Å². The van der Waals surface area contributed by atoms with Crippen molar-refractivity contribution in [3.05, 3.63) is 87.1 Å². The molecule has 5 aliphatic rings. The number of benzene rings is 2. The fourth-order valence-corrected chi connectivity index (χ4v) is 10.4. The Bertz CT molecular complexity index is 2300. The van der Waals surface area contributed by atoms with Gasteiger partial charge in [0.25, 0.3) is 0 Å². The van der Waals surface area contributed by atoms with Crippen molar-refractivity contribution in [1.29, 1.82) is 0 Å². The second-order valence-corrected chi connectivity index (χ2v) is 17.9. The summed E-state index contributed by atoms with van der Waals surface area (Å²) in [5, 5.41) is 67.2. The van der Waals surface area contributed by atoms with Crippen LogP contribution in [-0.2, 0) is 27.4 Å². The Labute approximate surface area is 353 Å². The van der Waals surface area contributed by atoms with Crippen LogP contribution in [0.1, 0.15) is 82.1 Å². The predicted molar refractivity (Wildman–Crippen MR) is 223 cm³/mol. The number of quaternary nitrogens is 1. The van der Waals surface area contributed by atoms with Crippen molar-refractivity contribution in [1.82, 2.24) is 5.32 Å². The monoisotopic (exact) mass is 844 g/mol. The molecule has 1 saturated heterocycles. The van der Waals surface area contributed by atoms with Crippen molar-refractivity contribution >= 4 is 28.3 Å². The number of hydrogen-bond acceptors (Lipinski definition) is 13. The van der Waals surface area contributed by atoms with Gasteiger partial charge in [0.1, 0.15) is 71.7 Å². The van der Waals surface area contributed by atoms with E-state index in [1.807, 2.05) is 13.0 Å². The zero-order valence-corrected chi connectivity index (χ0v) is 35.0. The average Bonchev–Trinajstić information content (AvgIpc) is 3.93. The molecule has 15 nitrogen and oxygen atoms in total. The zero-order chi connectivity index (χ0) is 43.3. The number of carbonyl (C=O) groups excluding carboxylic acids is 1. The molecular formula is C46H58N3O12+. The minimum Gasteiger partial charge on any atom is -0.508 e. The van der Waals surface area contributed by atoms with E-state index >= 15 is 0 Å². The van der Waals surface area contributed by atoms with Gasteiger partial charge < -0.3 is 45.1 Å². The highest BCUT2D eigenvalue weighted by molar-refractivity contribution is 6.07. The Balaban J connectivity index is 1.17. The molecule has 4 aliphatic heterocycles. The first-order chi connectivity index (χ1) is 29.2. The van der Waals surface area contributed by atoms with Crippen LogP contribution in [0.15, 0.2) is 74.1 Å². The van der Waals surface area contributed by atoms with Crippen LogP contribution in [0.5, 0.6) is 11.5 Å². The molecule has 8 unspecified atom stereocenters. The highest BCUT2D eigenvalue weighted by Crippen LogP contribution is 2.50. The first-order valence-electron chi connectivity index (χ1n) is 21.5. The summed E-state index contributed by atoms with van der Waals surface area (Å²) in [6.45, 7) is 5.28. The molecule has 328 valence electrons. The zero-order valence-electron chi connectivity index (χ0n) is 35.0. The van der Waals surface area contributed by atoms with Gasteiger partial charge in [-0.25, -0.2) is 9.78 Å². The fourth-order valence-electron chi connectivity index (χ4n) is 10.4. The lowest BCUT2D eigenvalue weighted by atomic mass is 9.65. The minimum absolute atomic E-state index is 0.0154. The number of phenolic OH excluding ortho intramolecular Hbond substituents is 1. The van der Waals surface area contributed by atoms with Crippen LogP contribution < -0.4 is 20.4 Å². The van der Waals surface area contributed by atoms with Gasteiger partial charge in [-0.15, -0.1) is 0 Å². The lowest BCUT2D eigenvalue weighted by Crippen LogP contribution is -3.04. The Hall–Kier alpha value is -4.45. The van der Waals surface area contributed by atoms with Crippen LogP contribution in [0.2, 0.25) is 0 Å². The van der Waals surface area contributed by atoms with Crippen LogP contribution in [0, 0.1) is 18.3 Å². The Morgan fingerprint density at radius 3 is 2.57 bits per heavy atom. The van der Waals surface area contributed by atoms with Crippen molar-refractivity contribution < 1.29 is 59.3 Å². The second kappa shape index (κ2) is 17.0. The quantitative estimate of drug-likeness (QED) is 0.0817.